The van der Waals surface area contributed by atoms with E-state index in [9.17, 15) is 19.5 Å². The standard InChI is InChI=1S/C21H14O5S/c1-26-21(25)12-4-2-11(3-5-12)10-13-6-7-14-16(17(13)22)19(24)20-15(18(14)23)8-9-27-20/h2-9,22H,10H2,1H3. The maximum absolute atomic E-state index is 12.7. The van der Waals surface area contributed by atoms with Gasteiger partial charge in [-0.1, -0.05) is 18.2 Å². The third-order valence-electron chi connectivity index (χ3n) is 4.62. The SMILES string of the molecule is COC(=O)c1ccc(Cc2ccc3c(c2O)C(=O)c2sccc2C3=O)cc1. The van der Waals surface area contributed by atoms with Crippen molar-refractivity contribution in [3.63, 3.8) is 0 Å². The van der Waals surface area contributed by atoms with Crippen molar-refractivity contribution in [3.8, 4) is 5.75 Å². The summed E-state index contributed by atoms with van der Waals surface area (Å²) in [6.07, 6.45) is 0.360. The molecule has 1 aromatic heterocycles. The summed E-state index contributed by atoms with van der Waals surface area (Å²) >= 11 is 1.20. The molecule has 0 unspecified atom stereocenters. The molecule has 0 atom stereocenters. The average Bonchev–Trinajstić information content (AvgIpc) is 3.18. The zero-order valence-corrected chi connectivity index (χ0v) is 15.1. The lowest BCUT2D eigenvalue weighted by Crippen LogP contribution is -2.19. The predicted molar refractivity (Wildman–Crippen MR) is 99.9 cm³/mol. The van der Waals surface area contributed by atoms with Crippen LogP contribution in [0, 0.1) is 0 Å². The summed E-state index contributed by atoms with van der Waals surface area (Å²) in [4.78, 5) is 37.2. The third-order valence-corrected chi connectivity index (χ3v) is 5.53. The van der Waals surface area contributed by atoms with Gasteiger partial charge in [-0.05, 0) is 40.8 Å². The minimum absolute atomic E-state index is 0.0682. The van der Waals surface area contributed by atoms with Crippen LogP contribution in [0.2, 0.25) is 0 Å². The minimum atomic E-state index is -0.422. The molecule has 0 saturated heterocycles. The molecule has 134 valence electrons. The molecule has 0 bridgehead atoms. The number of methoxy groups -OCH3 is 1. The maximum Gasteiger partial charge on any atom is 0.337 e. The molecule has 1 N–H and O–H groups in total. The molecule has 4 rings (SSSR count). The molecule has 0 aliphatic heterocycles. The van der Waals surface area contributed by atoms with Crippen molar-refractivity contribution >= 4 is 28.9 Å². The molecule has 1 heterocycles. The monoisotopic (exact) mass is 378 g/mol. The van der Waals surface area contributed by atoms with E-state index in [1.165, 1.54) is 18.4 Å². The van der Waals surface area contributed by atoms with E-state index < -0.39 is 5.97 Å². The molecule has 6 heteroatoms. The van der Waals surface area contributed by atoms with Crippen molar-refractivity contribution in [1.29, 1.82) is 0 Å². The summed E-state index contributed by atoms with van der Waals surface area (Å²) in [6.45, 7) is 0. The van der Waals surface area contributed by atoms with Crippen LogP contribution in [0.15, 0.2) is 47.8 Å². The highest BCUT2D eigenvalue weighted by atomic mass is 32.1. The molecule has 5 nitrogen and oxygen atoms in total. The summed E-state index contributed by atoms with van der Waals surface area (Å²) in [7, 11) is 1.32. The first kappa shape index (κ1) is 17.2. The van der Waals surface area contributed by atoms with Gasteiger partial charge in [0, 0.05) is 17.5 Å². The van der Waals surface area contributed by atoms with Crippen LogP contribution in [0.25, 0.3) is 0 Å². The summed E-state index contributed by atoms with van der Waals surface area (Å²) in [6, 6.07) is 11.7. The quantitative estimate of drug-likeness (QED) is 0.551. The van der Waals surface area contributed by atoms with Gasteiger partial charge in [-0.3, -0.25) is 9.59 Å². The van der Waals surface area contributed by atoms with Gasteiger partial charge in [0.25, 0.3) is 0 Å². The number of carbonyl (C=O) groups is 3. The van der Waals surface area contributed by atoms with Crippen LogP contribution in [-0.4, -0.2) is 29.8 Å². The van der Waals surface area contributed by atoms with E-state index >= 15 is 0 Å². The van der Waals surface area contributed by atoms with Crippen molar-refractivity contribution in [2.24, 2.45) is 0 Å². The van der Waals surface area contributed by atoms with Gasteiger partial charge >= 0.3 is 5.97 Å². The molecule has 27 heavy (non-hydrogen) atoms. The lowest BCUT2D eigenvalue weighted by atomic mass is 9.86. The Kier molecular flexibility index (Phi) is 4.12. The van der Waals surface area contributed by atoms with E-state index in [-0.39, 0.29) is 28.4 Å². The van der Waals surface area contributed by atoms with Crippen molar-refractivity contribution in [2.45, 2.75) is 6.42 Å². The number of thiophene rings is 1. The lowest BCUT2D eigenvalue weighted by molar-refractivity contribution is 0.0600. The van der Waals surface area contributed by atoms with E-state index in [1.54, 1.807) is 47.8 Å². The van der Waals surface area contributed by atoms with Gasteiger partial charge < -0.3 is 9.84 Å². The van der Waals surface area contributed by atoms with Gasteiger partial charge in [0.2, 0.25) is 5.78 Å². The number of hydrogen-bond acceptors (Lipinski definition) is 6. The Morgan fingerprint density at radius 3 is 2.44 bits per heavy atom. The molecular weight excluding hydrogens is 364 g/mol. The van der Waals surface area contributed by atoms with Gasteiger partial charge in [0.05, 0.1) is 23.1 Å². The molecule has 0 saturated carbocycles. The summed E-state index contributed by atoms with van der Waals surface area (Å²) in [5.74, 6) is -1.16. The molecule has 1 aliphatic rings. The van der Waals surface area contributed by atoms with Crippen molar-refractivity contribution in [1.82, 2.24) is 0 Å². The summed E-state index contributed by atoms with van der Waals surface area (Å²) in [5.41, 5.74) is 2.52. The van der Waals surface area contributed by atoms with Crippen LogP contribution in [0.3, 0.4) is 0 Å². The Bertz CT molecular complexity index is 1090. The molecule has 0 spiro atoms. The number of aromatic hydroxyl groups is 1. The predicted octanol–water partition coefficient (Wildman–Crippen LogP) is 3.61. The molecule has 0 fully saturated rings. The number of rotatable bonds is 3. The fourth-order valence-electron chi connectivity index (χ4n) is 3.21. The maximum atomic E-state index is 12.7. The molecule has 0 radical (unpaired) electrons. The number of ketones is 2. The number of ether oxygens (including phenoxy) is 1. The molecular formula is C21H14O5S. The second-order valence-electron chi connectivity index (χ2n) is 6.18. The first-order valence-electron chi connectivity index (χ1n) is 8.20. The molecule has 3 aromatic rings. The summed E-state index contributed by atoms with van der Waals surface area (Å²) < 4.78 is 4.67. The number of benzene rings is 2. The van der Waals surface area contributed by atoms with Gasteiger partial charge in [0.1, 0.15) is 5.75 Å². The number of phenols is 1. The normalized spacial score (nSPS) is 12.5. The largest absolute Gasteiger partial charge is 0.507 e. The molecule has 0 amide bonds. The fraction of sp³-hybridized carbons (Fsp3) is 0.0952. The number of hydrogen-bond donors (Lipinski definition) is 1. The van der Waals surface area contributed by atoms with Crippen molar-refractivity contribution < 1.29 is 24.2 Å². The van der Waals surface area contributed by atoms with Crippen LogP contribution in [0.4, 0.5) is 0 Å². The highest BCUT2D eigenvalue weighted by molar-refractivity contribution is 7.12. The summed E-state index contributed by atoms with van der Waals surface area (Å²) in [5, 5.41) is 12.4. The Hall–Kier alpha value is -3.25. The van der Waals surface area contributed by atoms with Crippen LogP contribution >= 0.6 is 11.3 Å². The topological polar surface area (TPSA) is 80.7 Å². The van der Waals surface area contributed by atoms with Crippen molar-refractivity contribution in [3.05, 3.63) is 86.1 Å². The van der Waals surface area contributed by atoms with E-state index in [2.05, 4.69) is 4.74 Å². The van der Waals surface area contributed by atoms with E-state index in [4.69, 9.17) is 0 Å². The van der Waals surface area contributed by atoms with E-state index in [0.29, 0.717) is 28.0 Å². The first-order chi connectivity index (χ1) is 13.0. The van der Waals surface area contributed by atoms with E-state index in [0.717, 1.165) is 5.56 Å². The Morgan fingerprint density at radius 1 is 1.00 bits per heavy atom. The first-order valence-corrected chi connectivity index (χ1v) is 9.08. The van der Waals surface area contributed by atoms with Crippen LogP contribution in [0.1, 0.15) is 52.6 Å². The van der Waals surface area contributed by atoms with Gasteiger partial charge in [-0.2, -0.15) is 0 Å². The third kappa shape index (κ3) is 2.74. The van der Waals surface area contributed by atoms with Crippen LogP contribution in [0.5, 0.6) is 5.75 Å². The second kappa shape index (κ2) is 6.48. The van der Waals surface area contributed by atoms with Gasteiger partial charge in [0.15, 0.2) is 5.78 Å². The number of carbonyl (C=O) groups excluding carboxylic acids is 3. The molecule has 2 aromatic carbocycles. The Morgan fingerprint density at radius 2 is 1.74 bits per heavy atom. The Labute approximate surface area is 158 Å². The Balaban J connectivity index is 1.70. The van der Waals surface area contributed by atoms with Crippen molar-refractivity contribution in [2.75, 3.05) is 7.11 Å². The average molecular weight is 378 g/mol. The number of fused-ring (bicyclic) bond motifs is 2. The fourth-order valence-corrected chi connectivity index (χ4v) is 4.05. The van der Waals surface area contributed by atoms with Gasteiger partial charge in [-0.15, -0.1) is 11.3 Å². The second-order valence-corrected chi connectivity index (χ2v) is 7.10. The van der Waals surface area contributed by atoms with Crippen LogP contribution in [-0.2, 0) is 11.2 Å². The lowest BCUT2D eigenvalue weighted by Gasteiger charge is -2.17. The number of esters is 1. The van der Waals surface area contributed by atoms with Gasteiger partial charge in [-0.25, -0.2) is 4.79 Å². The minimum Gasteiger partial charge on any atom is -0.507 e. The van der Waals surface area contributed by atoms with E-state index in [1.807, 2.05) is 0 Å². The van der Waals surface area contributed by atoms with Crippen LogP contribution < -0.4 is 0 Å². The highest BCUT2D eigenvalue weighted by Gasteiger charge is 2.33. The number of phenolic OH excluding ortho intramolecular Hbond substituents is 1. The smallest absolute Gasteiger partial charge is 0.337 e. The zero-order valence-electron chi connectivity index (χ0n) is 14.3. The highest BCUT2D eigenvalue weighted by Crippen LogP contribution is 2.37. The zero-order chi connectivity index (χ0) is 19.1. The molecule has 1 aliphatic carbocycles.